The van der Waals surface area contributed by atoms with Gasteiger partial charge in [-0.2, -0.15) is 5.10 Å². The Bertz CT molecular complexity index is 1050. The lowest BCUT2D eigenvalue weighted by atomic mass is 10.1. The first-order valence-corrected chi connectivity index (χ1v) is 7.80. The van der Waals surface area contributed by atoms with Crippen LogP contribution in [0.4, 0.5) is 0 Å². The number of rotatable bonds is 4. The molecule has 0 unspecified atom stereocenters. The number of aryl methyl sites for hydroxylation is 1. The number of hydrogen-bond acceptors (Lipinski definition) is 6. The zero-order chi connectivity index (χ0) is 17.6. The molecule has 0 aliphatic heterocycles. The van der Waals surface area contributed by atoms with Crippen molar-refractivity contribution in [3.05, 3.63) is 56.6 Å². The van der Waals surface area contributed by atoms with E-state index in [1.165, 1.54) is 6.20 Å². The first kappa shape index (κ1) is 15.3. The molecule has 2 atom stereocenters. The number of hydrogen-bond donors (Lipinski definition) is 2. The first-order valence-electron chi connectivity index (χ1n) is 7.80. The van der Waals surface area contributed by atoms with E-state index < -0.39 is 11.2 Å². The van der Waals surface area contributed by atoms with E-state index in [1.807, 2.05) is 17.8 Å². The van der Waals surface area contributed by atoms with Crippen molar-refractivity contribution in [2.75, 3.05) is 7.11 Å². The van der Waals surface area contributed by atoms with Gasteiger partial charge in [-0.05, 0) is 24.5 Å². The van der Waals surface area contributed by atoms with E-state index in [2.05, 4.69) is 25.3 Å². The normalized spacial score (nSPS) is 19.0. The van der Waals surface area contributed by atoms with Gasteiger partial charge in [0.15, 0.2) is 0 Å². The molecule has 3 aromatic heterocycles. The Morgan fingerprint density at radius 3 is 2.80 bits per heavy atom. The standard InChI is InChI=1S/C16H16N6O3/c1-22-13(3-4-18-22)9-5-8(9)10-6-12(20-21-15(10)25-2)11-7-17-16(24)19-14(11)23/h3-4,6-9H,5H2,1-2H3,(H2,17,19,23,24)/t8-,9-/m0/s1. The Labute approximate surface area is 141 Å². The minimum Gasteiger partial charge on any atom is -0.480 e. The third kappa shape index (κ3) is 2.63. The maximum absolute atomic E-state index is 12.0. The van der Waals surface area contributed by atoms with E-state index in [-0.39, 0.29) is 11.5 Å². The van der Waals surface area contributed by atoms with E-state index in [1.54, 1.807) is 19.4 Å². The van der Waals surface area contributed by atoms with Crippen LogP contribution < -0.4 is 16.0 Å². The van der Waals surface area contributed by atoms with Gasteiger partial charge < -0.3 is 9.72 Å². The second-order valence-corrected chi connectivity index (χ2v) is 6.01. The Balaban J connectivity index is 1.74. The molecule has 0 radical (unpaired) electrons. The number of aromatic amines is 2. The van der Waals surface area contributed by atoms with Crippen LogP contribution in [0.2, 0.25) is 0 Å². The molecule has 3 aromatic rings. The highest BCUT2D eigenvalue weighted by atomic mass is 16.5. The van der Waals surface area contributed by atoms with Crippen LogP contribution in [0.15, 0.2) is 34.1 Å². The summed E-state index contributed by atoms with van der Waals surface area (Å²) >= 11 is 0. The summed E-state index contributed by atoms with van der Waals surface area (Å²) in [6, 6.07) is 3.80. The number of nitrogens with one attached hydrogen (secondary N) is 2. The molecule has 0 saturated heterocycles. The van der Waals surface area contributed by atoms with Gasteiger partial charge in [0.2, 0.25) is 5.88 Å². The molecule has 9 heteroatoms. The lowest BCUT2D eigenvalue weighted by Gasteiger charge is -2.08. The topological polar surface area (TPSA) is 119 Å². The minimum absolute atomic E-state index is 0.224. The van der Waals surface area contributed by atoms with Gasteiger partial charge in [0.05, 0.1) is 12.7 Å². The molecule has 1 fully saturated rings. The summed E-state index contributed by atoms with van der Waals surface area (Å²) in [5, 5.41) is 12.4. The van der Waals surface area contributed by atoms with Gasteiger partial charge in [-0.25, -0.2) is 4.79 Å². The van der Waals surface area contributed by atoms with Crippen LogP contribution in [0.3, 0.4) is 0 Å². The van der Waals surface area contributed by atoms with Gasteiger partial charge in [0, 0.05) is 36.6 Å². The highest BCUT2D eigenvalue weighted by Crippen LogP contribution is 2.56. The maximum atomic E-state index is 12.0. The third-order valence-corrected chi connectivity index (χ3v) is 4.50. The van der Waals surface area contributed by atoms with Crippen LogP contribution in [0.5, 0.6) is 5.88 Å². The molecule has 4 rings (SSSR count). The van der Waals surface area contributed by atoms with Crippen molar-refractivity contribution in [2.24, 2.45) is 7.05 Å². The van der Waals surface area contributed by atoms with Crippen molar-refractivity contribution in [1.82, 2.24) is 29.9 Å². The minimum atomic E-state index is -0.561. The Morgan fingerprint density at radius 2 is 2.12 bits per heavy atom. The fourth-order valence-corrected chi connectivity index (χ4v) is 3.16. The maximum Gasteiger partial charge on any atom is 0.325 e. The van der Waals surface area contributed by atoms with Gasteiger partial charge >= 0.3 is 5.69 Å². The number of H-pyrrole nitrogens is 2. The van der Waals surface area contributed by atoms with Crippen LogP contribution in [0, 0.1) is 0 Å². The van der Waals surface area contributed by atoms with Crippen LogP contribution in [0.25, 0.3) is 11.3 Å². The zero-order valence-electron chi connectivity index (χ0n) is 13.7. The Kier molecular flexibility index (Phi) is 3.48. The third-order valence-electron chi connectivity index (χ3n) is 4.50. The summed E-state index contributed by atoms with van der Waals surface area (Å²) < 4.78 is 7.20. The largest absolute Gasteiger partial charge is 0.480 e. The molecule has 9 nitrogen and oxygen atoms in total. The Morgan fingerprint density at radius 1 is 1.28 bits per heavy atom. The summed E-state index contributed by atoms with van der Waals surface area (Å²) in [6.07, 6.45) is 4.06. The Hall–Kier alpha value is -3.23. The van der Waals surface area contributed by atoms with Crippen LogP contribution in [-0.4, -0.2) is 37.1 Å². The molecule has 2 N–H and O–H groups in total. The fourth-order valence-electron chi connectivity index (χ4n) is 3.16. The summed E-state index contributed by atoms with van der Waals surface area (Å²) in [5.41, 5.74) is 1.62. The molecule has 0 amide bonds. The van der Waals surface area contributed by atoms with Gasteiger partial charge in [-0.15, -0.1) is 10.2 Å². The van der Waals surface area contributed by atoms with Crippen molar-refractivity contribution >= 4 is 0 Å². The van der Waals surface area contributed by atoms with Gasteiger partial charge in [0.1, 0.15) is 5.69 Å². The molecular formula is C16H16N6O3. The van der Waals surface area contributed by atoms with Gasteiger partial charge in [0.25, 0.3) is 5.56 Å². The highest BCUT2D eigenvalue weighted by Gasteiger charge is 2.43. The van der Waals surface area contributed by atoms with Crippen molar-refractivity contribution in [2.45, 2.75) is 18.3 Å². The number of nitrogens with zero attached hydrogens (tertiary/aromatic N) is 4. The number of ether oxygens (including phenoxy) is 1. The van der Waals surface area contributed by atoms with Crippen molar-refractivity contribution < 1.29 is 4.74 Å². The van der Waals surface area contributed by atoms with Crippen molar-refractivity contribution in [3.63, 3.8) is 0 Å². The quantitative estimate of drug-likeness (QED) is 0.715. The monoisotopic (exact) mass is 340 g/mol. The lowest BCUT2D eigenvalue weighted by molar-refractivity contribution is 0.386. The molecule has 128 valence electrons. The fraction of sp³-hybridized carbons (Fsp3) is 0.312. The second kappa shape index (κ2) is 5.69. The summed E-state index contributed by atoms with van der Waals surface area (Å²) in [7, 11) is 3.46. The molecule has 1 saturated carbocycles. The predicted octanol–water partition coefficient (Wildman–Crippen LogP) is 0.533. The van der Waals surface area contributed by atoms with Crippen LogP contribution in [-0.2, 0) is 7.05 Å². The predicted molar refractivity (Wildman–Crippen MR) is 88.6 cm³/mol. The molecule has 25 heavy (non-hydrogen) atoms. The van der Waals surface area contributed by atoms with Crippen molar-refractivity contribution in [1.29, 1.82) is 0 Å². The van der Waals surface area contributed by atoms with Crippen molar-refractivity contribution in [3.8, 4) is 17.1 Å². The van der Waals surface area contributed by atoms with E-state index in [0.29, 0.717) is 17.5 Å². The lowest BCUT2D eigenvalue weighted by Crippen LogP contribution is -2.23. The SMILES string of the molecule is COc1nnc(-c2c[nH]c(=O)[nH]c2=O)cc1[C@H]1C[C@@H]1c1ccnn1C. The molecule has 3 heterocycles. The zero-order valence-corrected chi connectivity index (χ0v) is 13.7. The van der Waals surface area contributed by atoms with E-state index in [4.69, 9.17) is 4.74 Å². The van der Waals surface area contributed by atoms with Gasteiger partial charge in [-0.1, -0.05) is 0 Å². The van der Waals surface area contributed by atoms with Crippen LogP contribution in [0.1, 0.15) is 29.5 Å². The molecular weight excluding hydrogens is 324 g/mol. The molecule has 0 spiro atoms. The molecule has 1 aliphatic rings. The average Bonchev–Trinajstić information content (AvgIpc) is 3.27. The summed E-state index contributed by atoms with van der Waals surface area (Å²) in [5.74, 6) is 0.994. The number of aromatic nitrogens is 6. The number of methoxy groups -OCH3 is 1. The summed E-state index contributed by atoms with van der Waals surface area (Å²) in [6.45, 7) is 0. The average molecular weight is 340 g/mol. The molecule has 1 aliphatic carbocycles. The van der Waals surface area contributed by atoms with Crippen LogP contribution >= 0.6 is 0 Å². The smallest absolute Gasteiger partial charge is 0.325 e. The van der Waals surface area contributed by atoms with E-state index in [0.717, 1.165) is 17.7 Å². The van der Waals surface area contributed by atoms with E-state index >= 15 is 0 Å². The first-order chi connectivity index (χ1) is 12.1. The summed E-state index contributed by atoms with van der Waals surface area (Å²) in [4.78, 5) is 27.8. The highest BCUT2D eigenvalue weighted by molar-refractivity contribution is 5.58. The van der Waals surface area contributed by atoms with E-state index in [9.17, 15) is 9.59 Å². The molecule has 0 bridgehead atoms. The van der Waals surface area contributed by atoms with Gasteiger partial charge in [-0.3, -0.25) is 14.5 Å². The second-order valence-electron chi connectivity index (χ2n) is 6.01. The molecule has 0 aromatic carbocycles.